The summed E-state index contributed by atoms with van der Waals surface area (Å²) >= 11 is 0. The summed E-state index contributed by atoms with van der Waals surface area (Å²) in [6.45, 7) is 8.99. The molecule has 21 heavy (non-hydrogen) atoms. The van der Waals surface area contributed by atoms with Crippen LogP contribution in [0, 0.1) is 0 Å². The molecule has 2 aromatic rings. The van der Waals surface area contributed by atoms with Crippen LogP contribution in [0.2, 0.25) is 0 Å². The molecule has 0 unspecified atom stereocenters. The summed E-state index contributed by atoms with van der Waals surface area (Å²) in [5.41, 5.74) is 8.61. The number of rotatable bonds is 1. The van der Waals surface area contributed by atoms with Crippen LogP contribution in [0.25, 0.3) is 17.2 Å². The van der Waals surface area contributed by atoms with E-state index >= 15 is 0 Å². The van der Waals surface area contributed by atoms with Gasteiger partial charge in [-0.2, -0.15) is 0 Å². The van der Waals surface area contributed by atoms with Crippen LogP contribution < -0.4 is 18.9 Å². The Balaban J connectivity index is 0.00000121. The molecule has 1 aliphatic carbocycles. The van der Waals surface area contributed by atoms with Gasteiger partial charge < -0.3 is 1.43 Å². The van der Waals surface area contributed by atoms with Gasteiger partial charge in [0.2, 0.25) is 0 Å². The smallest absolute Gasteiger partial charge is 1.00 e. The fourth-order valence-corrected chi connectivity index (χ4v) is 2.94. The molecule has 0 atom stereocenters. The third kappa shape index (κ3) is 3.18. The van der Waals surface area contributed by atoms with Crippen LogP contribution in [0.1, 0.15) is 45.8 Å². The van der Waals surface area contributed by atoms with Crippen LogP contribution in [0.5, 0.6) is 0 Å². The standard InChI is InChI=1S/C20H22.Li.H/c1-14-12-16-6-5-7-18(19(16)13-14)15-8-10-17(11-9-15)20(2,3)4;;/h5-11,13H,12H2,1-4H3;;/q;+1;-1. The largest absolute Gasteiger partial charge is 1.00 e. The van der Waals surface area contributed by atoms with E-state index in [0.29, 0.717) is 0 Å². The monoisotopic (exact) mass is 270 g/mol. The van der Waals surface area contributed by atoms with Crippen molar-refractivity contribution in [2.24, 2.45) is 0 Å². The Bertz CT molecular complexity index is 676. The number of allylic oxidation sites excluding steroid dienone is 1. The minimum absolute atomic E-state index is 0. The van der Waals surface area contributed by atoms with Crippen molar-refractivity contribution in [3.63, 3.8) is 0 Å². The molecular weight excluding hydrogens is 247 g/mol. The summed E-state index contributed by atoms with van der Waals surface area (Å²) in [4.78, 5) is 0. The molecule has 1 heteroatoms. The minimum Gasteiger partial charge on any atom is -1.00 e. The average molecular weight is 270 g/mol. The Morgan fingerprint density at radius 3 is 2.24 bits per heavy atom. The van der Waals surface area contributed by atoms with E-state index in [1.807, 2.05) is 0 Å². The fourth-order valence-electron chi connectivity index (χ4n) is 2.94. The molecule has 0 bridgehead atoms. The molecule has 0 aromatic heterocycles. The van der Waals surface area contributed by atoms with Crippen LogP contribution in [-0.2, 0) is 11.8 Å². The maximum absolute atomic E-state index is 2.34. The molecular formula is C20H23Li. The van der Waals surface area contributed by atoms with Crippen molar-refractivity contribution in [1.82, 2.24) is 0 Å². The van der Waals surface area contributed by atoms with E-state index < -0.39 is 0 Å². The topological polar surface area (TPSA) is 0 Å². The van der Waals surface area contributed by atoms with E-state index in [-0.39, 0.29) is 25.7 Å². The van der Waals surface area contributed by atoms with Gasteiger partial charge in [0.1, 0.15) is 0 Å². The predicted octanol–water partition coefficient (Wildman–Crippen LogP) is 2.73. The van der Waals surface area contributed by atoms with Gasteiger partial charge in [-0.05, 0) is 46.6 Å². The molecule has 2 aromatic carbocycles. The first kappa shape index (κ1) is 16.2. The first-order chi connectivity index (χ1) is 9.45. The molecule has 0 spiro atoms. The maximum Gasteiger partial charge on any atom is 1.00 e. The number of hydrogen-bond acceptors (Lipinski definition) is 0. The summed E-state index contributed by atoms with van der Waals surface area (Å²) in [7, 11) is 0. The molecule has 0 fully saturated rings. The summed E-state index contributed by atoms with van der Waals surface area (Å²) in [6, 6.07) is 15.7. The zero-order chi connectivity index (χ0) is 14.3. The van der Waals surface area contributed by atoms with Gasteiger partial charge in [-0.25, -0.2) is 0 Å². The minimum atomic E-state index is 0. The molecule has 1 aliphatic rings. The van der Waals surface area contributed by atoms with Crippen molar-refractivity contribution < 1.29 is 20.3 Å². The quantitative estimate of drug-likeness (QED) is 0.699. The maximum atomic E-state index is 2.34. The molecule has 0 saturated carbocycles. The summed E-state index contributed by atoms with van der Waals surface area (Å²) in [6.07, 6.45) is 3.44. The number of benzene rings is 2. The average Bonchev–Trinajstić information content (AvgIpc) is 2.78. The second-order valence-electron chi connectivity index (χ2n) is 6.87. The van der Waals surface area contributed by atoms with E-state index in [1.165, 1.54) is 33.4 Å². The molecule has 0 aliphatic heterocycles. The van der Waals surface area contributed by atoms with Gasteiger partial charge in [-0.15, -0.1) is 0 Å². The van der Waals surface area contributed by atoms with Gasteiger partial charge in [0, 0.05) is 0 Å². The van der Waals surface area contributed by atoms with Gasteiger partial charge >= 0.3 is 18.9 Å². The van der Waals surface area contributed by atoms with Crippen molar-refractivity contribution in [3.05, 3.63) is 64.7 Å². The molecule has 0 saturated heterocycles. The fraction of sp³-hybridized carbons (Fsp3) is 0.300. The molecule has 0 radical (unpaired) electrons. The second kappa shape index (κ2) is 5.88. The van der Waals surface area contributed by atoms with Gasteiger partial charge in [-0.1, -0.05) is 74.9 Å². The van der Waals surface area contributed by atoms with Crippen molar-refractivity contribution >= 4 is 6.08 Å². The Hall–Kier alpha value is -1.22. The van der Waals surface area contributed by atoms with Gasteiger partial charge in [-0.3, -0.25) is 0 Å². The van der Waals surface area contributed by atoms with Crippen LogP contribution in [0.3, 0.4) is 0 Å². The van der Waals surface area contributed by atoms with Crippen LogP contribution in [0.4, 0.5) is 0 Å². The normalized spacial score (nSPS) is 13.4. The van der Waals surface area contributed by atoms with E-state index in [0.717, 1.165) is 6.42 Å². The molecule has 3 rings (SSSR count). The summed E-state index contributed by atoms with van der Waals surface area (Å²) in [5.74, 6) is 0. The van der Waals surface area contributed by atoms with Crippen LogP contribution in [0.15, 0.2) is 48.0 Å². The Kier molecular flexibility index (Phi) is 4.52. The van der Waals surface area contributed by atoms with Crippen molar-refractivity contribution in [1.29, 1.82) is 0 Å². The molecule has 104 valence electrons. The van der Waals surface area contributed by atoms with Gasteiger partial charge in [0.25, 0.3) is 0 Å². The number of fused-ring (bicyclic) bond motifs is 1. The first-order valence-corrected chi connectivity index (χ1v) is 7.35. The van der Waals surface area contributed by atoms with E-state index in [9.17, 15) is 0 Å². The SMILES string of the molecule is CC1=Cc2c(cccc2-c2ccc(C(C)(C)C)cc2)C1.[H-].[Li+]. The first-order valence-electron chi connectivity index (χ1n) is 7.35. The van der Waals surface area contributed by atoms with Crippen LogP contribution in [-0.4, -0.2) is 0 Å². The number of hydrogen-bond donors (Lipinski definition) is 0. The van der Waals surface area contributed by atoms with Crippen molar-refractivity contribution in [2.75, 3.05) is 0 Å². The molecule has 0 amide bonds. The third-order valence-electron chi connectivity index (χ3n) is 4.12. The third-order valence-corrected chi connectivity index (χ3v) is 4.12. The Morgan fingerprint density at radius 2 is 1.62 bits per heavy atom. The van der Waals surface area contributed by atoms with Crippen LogP contribution >= 0.6 is 0 Å². The van der Waals surface area contributed by atoms with E-state index in [2.05, 4.69) is 76.2 Å². The van der Waals surface area contributed by atoms with Crippen molar-refractivity contribution in [3.8, 4) is 11.1 Å². The predicted molar refractivity (Wildman–Crippen MR) is 89.0 cm³/mol. The summed E-state index contributed by atoms with van der Waals surface area (Å²) < 4.78 is 0. The van der Waals surface area contributed by atoms with Gasteiger partial charge in [0.05, 0.1) is 0 Å². The molecule has 0 nitrogen and oxygen atoms in total. The zero-order valence-electron chi connectivity index (χ0n) is 14.8. The summed E-state index contributed by atoms with van der Waals surface area (Å²) in [5, 5.41) is 0. The van der Waals surface area contributed by atoms with Crippen molar-refractivity contribution in [2.45, 2.75) is 39.5 Å². The Morgan fingerprint density at radius 1 is 0.952 bits per heavy atom. The molecule has 0 heterocycles. The van der Waals surface area contributed by atoms with E-state index in [1.54, 1.807) is 0 Å². The Labute approximate surface area is 141 Å². The van der Waals surface area contributed by atoms with E-state index in [4.69, 9.17) is 0 Å². The molecule has 0 N–H and O–H groups in total. The second-order valence-corrected chi connectivity index (χ2v) is 6.87. The van der Waals surface area contributed by atoms with Gasteiger partial charge in [0.15, 0.2) is 0 Å². The zero-order valence-corrected chi connectivity index (χ0v) is 13.8.